The fourth-order valence-electron chi connectivity index (χ4n) is 3.29. The lowest BCUT2D eigenvalue weighted by atomic mass is 10.2. The van der Waals surface area contributed by atoms with E-state index in [2.05, 4.69) is 10.2 Å². The lowest BCUT2D eigenvalue weighted by Gasteiger charge is -2.35. The zero-order chi connectivity index (χ0) is 16.8. The largest absolute Gasteiger partial charge is 0.497 e. The molecule has 24 heavy (non-hydrogen) atoms. The highest BCUT2D eigenvalue weighted by Crippen LogP contribution is 2.18. The van der Waals surface area contributed by atoms with Crippen LogP contribution in [0.4, 0.5) is 0 Å². The van der Waals surface area contributed by atoms with Crippen molar-refractivity contribution in [3.63, 3.8) is 0 Å². The van der Waals surface area contributed by atoms with Crippen LogP contribution in [0, 0.1) is 0 Å². The van der Waals surface area contributed by atoms with Gasteiger partial charge in [0.05, 0.1) is 13.2 Å². The molecule has 1 atom stereocenters. The van der Waals surface area contributed by atoms with Crippen molar-refractivity contribution in [3.05, 3.63) is 24.3 Å². The molecule has 2 fully saturated rings. The molecule has 1 unspecified atom stereocenters. The second kappa shape index (κ2) is 8.35. The number of carbonyl (C=O) groups is 1. The minimum Gasteiger partial charge on any atom is -0.497 e. The summed E-state index contributed by atoms with van der Waals surface area (Å²) in [6, 6.07) is 7.71. The molecule has 0 spiro atoms. The highest BCUT2D eigenvalue weighted by atomic mass is 16.5. The van der Waals surface area contributed by atoms with E-state index in [1.54, 1.807) is 7.11 Å². The van der Waals surface area contributed by atoms with Gasteiger partial charge in [0.1, 0.15) is 18.1 Å². The van der Waals surface area contributed by atoms with E-state index < -0.39 is 0 Å². The van der Waals surface area contributed by atoms with Crippen LogP contribution >= 0.6 is 0 Å². The zero-order valence-corrected chi connectivity index (χ0v) is 14.4. The highest BCUT2D eigenvalue weighted by Gasteiger charge is 2.28. The molecule has 2 aliphatic rings. The van der Waals surface area contributed by atoms with E-state index in [4.69, 9.17) is 9.47 Å². The van der Waals surface area contributed by atoms with Crippen LogP contribution in [-0.2, 0) is 4.79 Å². The van der Waals surface area contributed by atoms with Crippen LogP contribution in [0.3, 0.4) is 0 Å². The molecule has 2 heterocycles. The quantitative estimate of drug-likeness (QED) is 0.841. The summed E-state index contributed by atoms with van der Waals surface area (Å²) in [4.78, 5) is 16.7. The topological polar surface area (TPSA) is 54.0 Å². The normalized spacial score (nSPS) is 21.7. The minimum absolute atomic E-state index is 0.0490. The van der Waals surface area contributed by atoms with E-state index in [1.807, 2.05) is 29.2 Å². The third-order valence-corrected chi connectivity index (χ3v) is 4.76. The Morgan fingerprint density at radius 3 is 2.75 bits per heavy atom. The van der Waals surface area contributed by atoms with Crippen molar-refractivity contribution in [1.29, 1.82) is 0 Å². The monoisotopic (exact) mass is 333 g/mol. The van der Waals surface area contributed by atoms with E-state index in [1.165, 1.54) is 0 Å². The highest BCUT2D eigenvalue weighted by molar-refractivity contribution is 5.82. The molecule has 6 nitrogen and oxygen atoms in total. The van der Waals surface area contributed by atoms with Crippen LogP contribution in [0.15, 0.2) is 24.3 Å². The minimum atomic E-state index is 0.0490. The van der Waals surface area contributed by atoms with Gasteiger partial charge in [-0.15, -0.1) is 0 Å². The maximum Gasteiger partial charge on any atom is 0.239 e. The zero-order valence-electron chi connectivity index (χ0n) is 14.4. The number of piperazine rings is 1. The molecular formula is C18H27N3O3. The molecule has 6 heteroatoms. The molecule has 2 aliphatic heterocycles. The van der Waals surface area contributed by atoms with E-state index >= 15 is 0 Å². The van der Waals surface area contributed by atoms with Gasteiger partial charge in [0.25, 0.3) is 0 Å². The molecule has 0 aromatic heterocycles. The third kappa shape index (κ3) is 4.39. The van der Waals surface area contributed by atoms with Crippen molar-refractivity contribution in [2.45, 2.75) is 18.9 Å². The number of carbonyl (C=O) groups excluding carboxylic acids is 1. The first-order valence-electron chi connectivity index (χ1n) is 8.77. The van der Waals surface area contributed by atoms with Gasteiger partial charge in [-0.1, -0.05) is 6.07 Å². The van der Waals surface area contributed by atoms with Gasteiger partial charge in [-0.2, -0.15) is 0 Å². The Balaban J connectivity index is 1.37. The first kappa shape index (κ1) is 17.0. The fraction of sp³-hybridized carbons (Fsp3) is 0.611. The predicted molar refractivity (Wildman–Crippen MR) is 92.5 cm³/mol. The second-order valence-electron chi connectivity index (χ2n) is 6.34. The van der Waals surface area contributed by atoms with Crippen LogP contribution in [0.25, 0.3) is 0 Å². The Morgan fingerprint density at radius 1 is 1.25 bits per heavy atom. The predicted octanol–water partition coefficient (Wildman–Crippen LogP) is 0.970. The molecule has 0 saturated carbocycles. The molecule has 3 rings (SSSR count). The Morgan fingerprint density at radius 2 is 2.04 bits per heavy atom. The summed E-state index contributed by atoms with van der Waals surface area (Å²) in [6.45, 7) is 5.95. The third-order valence-electron chi connectivity index (χ3n) is 4.76. The van der Waals surface area contributed by atoms with Crippen molar-refractivity contribution in [2.24, 2.45) is 0 Å². The van der Waals surface area contributed by atoms with Crippen molar-refractivity contribution in [3.8, 4) is 11.5 Å². The number of rotatable bonds is 6. The Hall–Kier alpha value is -1.79. The molecule has 132 valence electrons. The molecule has 1 aromatic carbocycles. The summed E-state index contributed by atoms with van der Waals surface area (Å²) in [5.41, 5.74) is 0. The van der Waals surface area contributed by atoms with Crippen LogP contribution in [-0.4, -0.2) is 74.7 Å². The van der Waals surface area contributed by atoms with E-state index in [0.29, 0.717) is 6.61 Å². The Labute approximate surface area is 143 Å². The summed E-state index contributed by atoms with van der Waals surface area (Å²) in [5, 5.41) is 3.29. The van der Waals surface area contributed by atoms with E-state index in [-0.39, 0.29) is 11.9 Å². The summed E-state index contributed by atoms with van der Waals surface area (Å²) in [7, 11) is 1.65. The molecular weight excluding hydrogens is 306 g/mol. The van der Waals surface area contributed by atoms with Crippen molar-refractivity contribution in [2.75, 3.05) is 53.0 Å². The number of nitrogens with one attached hydrogen (secondary N) is 1. The van der Waals surface area contributed by atoms with Gasteiger partial charge >= 0.3 is 0 Å². The molecule has 0 radical (unpaired) electrons. The Bertz CT molecular complexity index is 538. The van der Waals surface area contributed by atoms with Gasteiger partial charge in [-0.25, -0.2) is 0 Å². The second-order valence-corrected chi connectivity index (χ2v) is 6.34. The van der Waals surface area contributed by atoms with Crippen LogP contribution in [0.5, 0.6) is 11.5 Å². The van der Waals surface area contributed by atoms with E-state index in [0.717, 1.165) is 63.6 Å². The average molecular weight is 333 g/mol. The molecule has 0 aliphatic carbocycles. The van der Waals surface area contributed by atoms with Crippen LogP contribution in [0.1, 0.15) is 12.8 Å². The Kier molecular flexibility index (Phi) is 5.93. The van der Waals surface area contributed by atoms with Gasteiger partial charge in [-0.05, 0) is 31.5 Å². The number of methoxy groups -OCH3 is 1. The maximum absolute atomic E-state index is 12.4. The van der Waals surface area contributed by atoms with Crippen LogP contribution < -0.4 is 14.8 Å². The first-order valence-corrected chi connectivity index (χ1v) is 8.77. The standard InChI is InChI=1S/C18H27N3O3/c1-23-15-4-2-5-16(14-15)24-13-12-20-8-10-21(11-9-20)18(22)17-6-3-7-19-17/h2,4-5,14,17,19H,3,6-13H2,1H3. The van der Waals surface area contributed by atoms with Gasteiger partial charge in [0.15, 0.2) is 0 Å². The molecule has 1 aromatic rings. The number of hydrogen-bond acceptors (Lipinski definition) is 5. The van der Waals surface area contributed by atoms with Gasteiger partial charge in [0.2, 0.25) is 5.91 Å². The first-order chi connectivity index (χ1) is 11.8. The van der Waals surface area contributed by atoms with Crippen molar-refractivity contribution >= 4 is 5.91 Å². The smallest absolute Gasteiger partial charge is 0.239 e. The fourth-order valence-corrected chi connectivity index (χ4v) is 3.29. The lowest BCUT2D eigenvalue weighted by Crippen LogP contribution is -2.53. The van der Waals surface area contributed by atoms with Crippen molar-refractivity contribution in [1.82, 2.24) is 15.1 Å². The van der Waals surface area contributed by atoms with Crippen molar-refractivity contribution < 1.29 is 14.3 Å². The lowest BCUT2D eigenvalue weighted by molar-refractivity contribution is -0.134. The molecule has 2 saturated heterocycles. The average Bonchev–Trinajstić information content (AvgIpc) is 3.16. The SMILES string of the molecule is COc1cccc(OCCN2CCN(C(=O)C3CCCN3)CC2)c1. The van der Waals surface area contributed by atoms with E-state index in [9.17, 15) is 4.79 Å². The number of hydrogen-bond donors (Lipinski definition) is 1. The van der Waals surface area contributed by atoms with Gasteiger partial charge < -0.3 is 19.7 Å². The number of benzene rings is 1. The maximum atomic E-state index is 12.4. The van der Waals surface area contributed by atoms with Gasteiger partial charge in [0, 0.05) is 38.8 Å². The summed E-state index contributed by atoms with van der Waals surface area (Å²) < 4.78 is 11.0. The summed E-state index contributed by atoms with van der Waals surface area (Å²) >= 11 is 0. The summed E-state index contributed by atoms with van der Waals surface area (Å²) in [5.74, 6) is 1.91. The van der Waals surface area contributed by atoms with Gasteiger partial charge in [-0.3, -0.25) is 9.69 Å². The molecule has 1 N–H and O–H groups in total. The number of nitrogens with zero attached hydrogens (tertiary/aromatic N) is 2. The number of amides is 1. The van der Waals surface area contributed by atoms with Crippen LogP contribution in [0.2, 0.25) is 0 Å². The molecule has 1 amide bonds. The molecule has 0 bridgehead atoms. The number of ether oxygens (including phenoxy) is 2. The summed E-state index contributed by atoms with van der Waals surface area (Å²) in [6.07, 6.45) is 2.09.